The lowest BCUT2D eigenvalue weighted by molar-refractivity contribution is -0.127. The van der Waals surface area contributed by atoms with Gasteiger partial charge in [0.15, 0.2) is 0 Å². The van der Waals surface area contributed by atoms with Crippen LogP contribution < -0.4 is 4.90 Å². The van der Waals surface area contributed by atoms with Crippen LogP contribution in [0.1, 0.15) is 0 Å². The molecule has 1 spiro atoms. The molecule has 0 N–H and O–H groups in total. The van der Waals surface area contributed by atoms with Crippen molar-refractivity contribution in [2.75, 3.05) is 31.2 Å². The lowest BCUT2D eigenvalue weighted by atomic mass is 9.78. The Morgan fingerprint density at radius 2 is 2.15 bits per heavy atom. The highest BCUT2D eigenvalue weighted by molar-refractivity contribution is 5.41. The van der Waals surface area contributed by atoms with Crippen molar-refractivity contribution in [3.63, 3.8) is 0 Å². The van der Waals surface area contributed by atoms with Gasteiger partial charge in [0.1, 0.15) is 5.82 Å². The summed E-state index contributed by atoms with van der Waals surface area (Å²) >= 11 is 0. The fraction of sp³-hybridized carbons (Fsp3) is 0.556. The summed E-state index contributed by atoms with van der Waals surface area (Å²) in [6, 6.07) is 0. The van der Waals surface area contributed by atoms with E-state index in [0.29, 0.717) is 5.41 Å². The number of hydrogen-bond acceptors (Lipinski definition) is 4. The van der Waals surface area contributed by atoms with Gasteiger partial charge in [-0.05, 0) is 0 Å². The van der Waals surface area contributed by atoms with Crippen LogP contribution in [0.5, 0.6) is 0 Å². The van der Waals surface area contributed by atoms with Crippen molar-refractivity contribution in [2.24, 2.45) is 5.41 Å². The van der Waals surface area contributed by atoms with Crippen LogP contribution in [0, 0.1) is 5.41 Å². The molecule has 0 atom stereocenters. The van der Waals surface area contributed by atoms with E-state index in [2.05, 4.69) is 14.9 Å². The van der Waals surface area contributed by atoms with Crippen LogP contribution in [0.4, 0.5) is 5.82 Å². The van der Waals surface area contributed by atoms with E-state index in [-0.39, 0.29) is 0 Å². The molecule has 0 radical (unpaired) electrons. The predicted molar refractivity (Wildman–Crippen MR) is 47.5 cm³/mol. The molecule has 68 valence electrons. The fourth-order valence-electron chi connectivity index (χ4n) is 1.95. The first-order valence-corrected chi connectivity index (χ1v) is 4.47. The summed E-state index contributed by atoms with van der Waals surface area (Å²) in [4.78, 5) is 10.5. The summed E-state index contributed by atoms with van der Waals surface area (Å²) in [5.74, 6) is 0.986. The van der Waals surface area contributed by atoms with Gasteiger partial charge in [-0.1, -0.05) is 0 Å². The van der Waals surface area contributed by atoms with E-state index in [1.54, 1.807) is 12.4 Å². The van der Waals surface area contributed by atoms with Gasteiger partial charge in [-0.25, -0.2) is 4.98 Å². The monoisotopic (exact) mass is 177 g/mol. The standard InChI is InChI=1S/C9H11N3O/c1-2-11-8(3-10-1)12-4-9(5-12)6-13-7-9/h1-3H,4-7H2. The molecule has 1 aromatic heterocycles. The molecule has 13 heavy (non-hydrogen) atoms. The molecule has 0 aliphatic carbocycles. The summed E-state index contributed by atoms with van der Waals surface area (Å²) < 4.78 is 5.20. The topological polar surface area (TPSA) is 38.2 Å². The Kier molecular flexibility index (Phi) is 1.35. The van der Waals surface area contributed by atoms with E-state index in [1.807, 2.05) is 6.20 Å². The third-order valence-electron chi connectivity index (χ3n) is 2.74. The third kappa shape index (κ3) is 1.02. The Balaban J connectivity index is 1.71. The zero-order valence-corrected chi connectivity index (χ0v) is 7.31. The number of hydrogen-bond donors (Lipinski definition) is 0. The van der Waals surface area contributed by atoms with E-state index < -0.39 is 0 Å². The number of rotatable bonds is 1. The summed E-state index contributed by atoms with van der Waals surface area (Å²) in [6.07, 6.45) is 5.25. The molecule has 0 saturated carbocycles. The number of ether oxygens (including phenoxy) is 1. The van der Waals surface area contributed by atoms with Crippen molar-refractivity contribution < 1.29 is 4.74 Å². The van der Waals surface area contributed by atoms with Crippen molar-refractivity contribution in [2.45, 2.75) is 0 Å². The number of nitrogens with zero attached hydrogens (tertiary/aromatic N) is 3. The zero-order chi connectivity index (χ0) is 8.73. The van der Waals surface area contributed by atoms with E-state index in [1.165, 1.54) is 0 Å². The molecule has 3 rings (SSSR count). The Morgan fingerprint density at radius 3 is 2.69 bits per heavy atom. The average Bonchev–Trinajstić information content (AvgIpc) is 2.01. The number of anilines is 1. The first-order valence-electron chi connectivity index (χ1n) is 4.47. The largest absolute Gasteiger partial charge is 0.380 e. The van der Waals surface area contributed by atoms with Crippen LogP contribution in [-0.2, 0) is 4.74 Å². The third-order valence-corrected chi connectivity index (χ3v) is 2.74. The van der Waals surface area contributed by atoms with Gasteiger partial charge in [0.2, 0.25) is 0 Å². The van der Waals surface area contributed by atoms with Gasteiger partial charge in [0.05, 0.1) is 24.8 Å². The lowest BCUT2D eigenvalue weighted by Crippen LogP contribution is -2.66. The zero-order valence-electron chi connectivity index (χ0n) is 7.31. The van der Waals surface area contributed by atoms with Gasteiger partial charge in [0.25, 0.3) is 0 Å². The Labute approximate surface area is 76.6 Å². The lowest BCUT2D eigenvalue weighted by Gasteiger charge is -2.55. The molecule has 0 bridgehead atoms. The van der Waals surface area contributed by atoms with Crippen LogP contribution in [-0.4, -0.2) is 36.3 Å². The second kappa shape index (κ2) is 2.42. The highest BCUT2D eigenvalue weighted by atomic mass is 16.5. The van der Waals surface area contributed by atoms with Crippen LogP contribution in [0.2, 0.25) is 0 Å². The summed E-state index contributed by atoms with van der Waals surface area (Å²) in [6.45, 7) is 3.99. The smallest absolute Gasteiger partial charge is 0.147 e. The maximum absolute atomic E-state index is 5.20. The van der Waals surface area contributed by atoms with Crippen LogP contribution in [0.3, 0.4) is 0 Å². The normalized spacial score (nSPS) is 23.8. The van der Waals surface area contributed by atoms with Gasteiger partial charge >= 0.3 is 0 Å². The minimum atomic E-state index is 0.456. The molecule has 0 unspecified atom stereocenters. The molecule has 2 aliphatic heterocycles. The summed E-state index contributed by atoms with van der Waals surface area (Å²) in [7, 11) is 0. The molecule has 1 aromatic rings. The molecule has 2 fully saturated rings. The second-order valence-corrected chi connectivity index (χ2v) is 3.91. The molecule has 3 heterocycles. The van der Waals surface area contributed by atoms with Crippen LogP contribution >= 0.6 is 0 Å². The maximum Gasteiger partial charge on any atom is 0.147 e. The van der Waals surface area contributed by atoms with Crippen molar-refractivity contribution in [1.82, 2.24) is 9.97 Å². The van der Waals surface area contributed by atoms with E-state index in [0.717, 1.165) is 32.1 Å². The van der Waals surface area contributed by atoms with Gasteiger partial charge < -0.3 is 9.64 Å². The molecule has 4 nitrogen and oxygen atoms in total. The van der Waals surface area contributed by atoms with Crippen molar-refractivity contribution in [1.29, 1.82) is 0 Å². The van der Waals surface area contributed by atoms with Gasteiger partial charge in [-0.2, -0.15) is 0 Å². The van der Waals surface area contributed by atoms with E-state index >= 15 is 0 Å². The summed E-state index contributed by atoms with van der Waals surface area (Å²) in [5, 5.41) is 0. The Hall–Kier alpha value is -1.16. The first kappa shape index (κ1) is 7.26. The van der Waals surface area contributed by atoms with E-state index in [4.69, 9.17) is 4.74 Å². The Morgan fingerprint density at radius 1 is 1.31 bits per heavy atom. The molecule has 2 saturated heterocycles. The molecular weight excluding hydrogens is 166 g/mol. The Bertz CT molecular complexity index is 302. The highest BCUT2D eigenvalue weighted by Gasteiger charge is 2.49. The molecule has 0 aromatic carbocycles. The van der Waals surface area contributed by atoms with Crippen molar-refractivity contribution in [3.8, 4) is 0 Å². The molecule has 4 heteroatoms. The van der Waals surface area contributed by atoms with Crippen molar-refractivity contribution >= 4 is 5.82 Å². The molecule has 2 aliphatic rings. The maximum atomic E-state index is 5.20. The first-order chi connectivity index (χ1) is 6.38. The quantitative estimate of drug-likeness (QED) is 0.619. The molecule has 0 amide bonds. The van der Waals surface area contributed by atoms with Gasteiger partial charge in [-0.3, -0.25) is 4.98 Å². The van der Waals surface area contributed by atoms with Crippen LogP contribution in [0.25, 0.3) is 0 Å². The van der Waals surface area contributed by atoms with Gasteiger partial charge in [0, 0.05) is 25.5 Å². The second-order valence-electron chi connectivity index (χ2n) is 3.91. The van der Waals surface area contributed by atoms with E-state index in [9.17, 15) is 0 Å². The predicted octanol–water partition coefficient (Wildman–Crippen LogP) is 0.313. The highest BCUT2D eigenvalue weighted by Crippen LogP contribution is 2.39. The number of aromatic nitrogens is 2. The minimum Gasteiger partial charge on any atom is -0.380 e. The minimum absolute atomic E-state index is 0.456. The summed E-state index contributed by atoms with van der Waals surface area (Å²) in [5.41, 5.74) is 0.456. The fourth-order valence-corrected chi connectivity index (χ4v) is 1.95. The van der Waals surface area contributed by atoms with Crippen LogP contribution in [0.15, 0.2) is 18.6 Å². The van der Waals surface area contributed by atoms with Crippen molar-refractivity contribution in [3.05, 3.63) is 18.6 Å². The average molecular weight is 177 g/mol. The van der Waals surface area contributed by atoms with Gasteiger partial charge in [-0.15, -0.1) is 0 Å². The molecular formula is C9H11N3O. The SMILES string of the molecule is c1cnc(N2CC3(COC3)C2)cn1.